The van der Waals surface area contributed by atoms with E-state index in [1.165, 1.54) is 0 Å². The highest BCUT2D eigenvalue weighted by atomic mass is 16.1. The van der Waals surface area contributed by atoms with Crippen LogP contribution in [0.3, 0.4) is 0 Å². The van der Waals surface area contributed by atoms with Crippen molar-refractivity contribution in [1.82, 2.24) is 14.3 Å². The van der Waals surface area contributed by atoms with Crippen LogP contribution in [0.5, 0.6) is 0 Å². The summed E-state index contributed by atoms with van der Waals surface area (Å²) in [6, 6.07) is 2.24. The van der Waals surface area contributed by atoms with Gasteiger partial charge in [0, 0.05) is 35.7 Å². The Labute approximate surface area is 142 Å². The number of fused-ring (bicyclic) bond motifs is 1. The summed E-state index contributed by atoms with van der Waals surface area (Å²) in [5.74, 6) is -0.103. The molecule has 0 saturated carbocycles. The molecule has 0 fully saturated rings. The summed E-state index contributed by atoms with van der Waals surface area (Å²) in [7, 11) is 0. The monoisotopic (exact) mass is 322 g/mol. The highest BCUT2D eigenvalue weighted by Gasteiger charge is 2.26. The highest BCUT2D eigenvalue weighted by Crippen LogP contribution is 2.29. The molecule has 3 heterocycles. The maximum Gasteiger partial charge on any atom is 0.189 e. The second-order valence-corrected chi connectivity index (χ2v) is 6.25. The fraction of sp³-hybridized carbons (Fsp3) is 0.421. The van der Waals surface area contributed by atoms with Crippen LogP contribution in [0, 0.1) is 32.1 Å². The van der Waals surface area contributed by atoms with Crippen molar-refractivity contribution in [1.29, 1.82) is 5.26 Å². The van der Waals surface area contributed by atoms with E-state index in [4.69, 9.17) is 0 Å². The first-order chi connectivity index (χ1) is 11.5. The predicted octanol–water partition coefficient (Wildman–Crippen LogP) is 3.34. The Morgan fingerprint density at radius 3 is 2.71 bits per heavy atom. The molecule has 0 bridgehead atoms. The minimum Gasteiger partial charge on any atom is -0.347 e. The molecular formula is C19H22N4O. The smallest absolute Gasteiger partial charge is 0.189 e. The number of aryl methyl sites for hydroxylation is 2. The molecule has 2 aromatic rings. The molecule has 124 valence electrons. The molecule has 0 atom stereocenters. The minimum atomic E-state index is -0.103. The number of carbonyl (C=O) groups is 1. The van der Waals surface area contributed by atoms with Crippen molar-refractivity contribution in [3.05, 3.63) is 45.5 Å². The van der Waals surface area contributed by atoms with Gasteiger partial charge in [-0.05, 0) is 52.7 Å². The number of carbonyl (C=O) groups excluding carboxylic acids is 1. The second-order valence-electron chi connectivity index (χ2n) is 6.25. The van der Waals surface area contributed by atoms with E-state index >= 15 is 0 Å². The second kappa shape index (κ2) is 6.12. The van der Waals surface area contributed by atoms with Crippen molar-refractivity contribution < 1.29 is 4.79 Å². The standard InChI is InChI=1S/C19H22N4O/c1-5-23-13(3)15(12(2)21-23)8-9-18(24)19-14(4)22-10-6-7-17(22)16(19)11-20/h8-9H,5-7,10H2,1-4H3/b9-8+. The van der Waals surface area contributed by atoms with E-state index in [2.05, 4.69) is 15.7 Å². The van der Waals surface area contributed by atoms with Gasteiger partial charge < -0.3 is 4.57 Å². The molecule has 0 unspecified atom stereocenters. The van der Waals surface area contributed by atoms with Crippen molar-refractivity contribution in [2.45, 2.75) is 53.6 Å². The summed E-state index contributed by atoms with van der Waals surface area (Å²) < 4.78 is 4.05. The quantitative estimate of drug-likeness (QED) is 0.640. The van der Waals surface area contributed by atoms with Gasteiger partial charge in [0.05, 0.1) is 16.8 Å². The Morgan fingerprint density at radius 1 is 1.33 bits per heavy atom. The van der Waals surface area contributed by atoms with Gasteiger partial charge in [-0.15, -0.1) is 0 Å². The zero-order valence-electron chi connectivity index (χ0n) is 14.7. The molecule has 0 aromatic carbocycles. The Balaban J connectivity index is 1.98. The van der Waals surface area contributed by atoms with Crippen LogP contribution in [0.15, 0.2) is 6.08 Å². The molecule has 1 aliphatic heterocycles. The maximum absolute atomic E-state index is 12.7. The lowest BCUT2D eigenvalue weighted by atomic mass is 10.0. The number of hydrogen-bond donors (Lipinski definition) is 0. The van der Waals surface area contributed by atoms with Crippen molar-refractivity contribution in [2.24, 2.45) is 0 Å². The minimum absolute atomic E-state index is 0.103. The van der Waals surface area contributed by atoms with Gasteiger partial charge in [-0.1, -0.05) is 0 Å². The van der Waals surface area contributed by atoms with Gasteiger partial charge in [0.2, 0.25) is 0 Å². The molecule has 0 amide bonds. The molecule has 0 aliphatic carbocycles. The van der Waals surface area contributed by atoms with Crippen LogP contribution < -0.4 is 0 Å². The van der Waals surface area contributed by atoms with E-state index in [0.717, 1.165) is 54.3 Å². The average molecular weight is 322 g/mol. The maximum atomic E-state index is 12.7. The van der Waals surface area contributed by atoms with Crippen molar-refractivity contribution in [3.8, 4) is 6.07 Å². The number of ketones is 1. The number of hydrogen-bond acceptors (Lipinski definition) is 3. The van der Waals surface area contributed by atoms with Gasteiger partial charge in [-0.3, -0.25) is 9.48 Å². The van der Waals surface area contributed by atoms with E-state index in [9.17, 15) is 10.1 Å². The third-order valence-corrected chi connectivity index (χ3v) is 4.92. The topological polar surface area (TPSA) is 63.6 Å². The van der Waals surface area contributed by atoms with E-state index in [1.807, 2.05) is 38.5 Å². The summed E-state index contributed by atoms with van der Waals surface area (Å²) in [6.07, 6.45) is 5.33. The van der Waals surface area contributed by atoms with Gasteiger partial charge >= 0.3 is 0 Å². The average Bonchev–Trinajstić information content (AvgIpc) is 3.21. The SMILES string of the molecule is CCn1nc(C)c(/C=C/C(=O)c2c(C#N)c3n(c2C)CCC3)c1C. The van der Waals surface area contributed by atoms with Crippen molar-refractivity contribution >= 4 is 11.9 Å². The van der Waals surface area contributed by atoms with Crippen LogP contribution in [0.1, 0.15) is 57.6 Å². The molecule has 3 rings (SSSR count). The first-order valence-corrected chi connectivity index (χ1v) is 8.38. The lowest BCUT2D eigenvalue weighted by Crippen LogP contribution is -2.01. The fourth-order valence-electron chi connectivity index (χ4n) is 3.69. The van der Waals surface area contributed by atoms with Gasteiger partial charge in [0.1, 0.15) is 6.07 Å². The van der Waals surface area contributed by atoms with Gasteiger partial charge in [0.25, 0.3) is 0 Å². The van der Waals surface area contributed by atoms with Crippen LogP contribution in [0.2, 0.25) is 0 Å². The normalized spacial score (nSPS) is 13.5. The third-order valence-electron chi connectivity index (χ3n) is 4.92. The Hall–Kier alpha value is -2.61. The molecule has 24 heavy (non-hydrogen) atoms. The number of allylic oxidation sites excluding steroid dienone is 1. The molecule has 5 heteroatoms. The summed E-state index contributed by atoms with van der Waals surface area (Å²) in [5.41, 5.74) is 5.97. The summed E-state index contributed by atoms with van der Waals surface area (Å²) in [5, 5.41) is 14.0. The Kier molecular flexibility index (Phi) is 4.15. The number of nitriles is 1. The molecule has 5 nitrogen and oxygen atoms in total. The van der Waals surface area contributed by atoms with E-state index in [-0.39, 0.29) is 5.78 Å². The molecule has 0 saturated heterocycles. The Morgan fingerprint density at radius 2 is 2.08 bits per heavy atom. The van der Waals surface area contributed by atoms with Crippen LogP contribution >= 0.6 is 0 Å². The molecule has 0 N–H and O–H groups in total. The van der Waals surface area contributed by atoms with Crippen LogP contribution in [0.25, 0.3) is 6.08 Å². The van der Waals surface area contributed by atoms with Gasteiger partial charge in [0.15, 0.2) is 5.78 Å². The lowest BCUT2D eigenvalue weighted by Gasteiger charge is -2.01. The number of rotatable bonds is 4. The first kappa shape index (κ1) is 16.3. The predicted molar refractivity (Wildman–Crippen MR) is 92.9 cm³/mol. The zero-order valence-corrected chi connectivity index (χ0v) is 14.7. The fourth-order valence-corrected chi connectivity index (χ4v) is 3.69. The summed E-state index contributed by atoms with van der Waals surface area (Å²) in [6.45, 7) is 9.63. The zero-order chi connectivity index (χ0) is 17.4. The number of aromatic nitrogens is 3. The molecule has 0 radical (unpaired) electrons. The van der Waals surface area contributed by atoms with Crippen LogP contribution in [-0.4, -0.2) is 20.1 Å². The molecule has 2 aromatic heterocycles. The first-order valence-electron chi connectivity index (χ1n) is 8.38. The molecule has 1 aliphatic rings. The van der Waals surface area contributed by atoms with E-state index < -0.39 is 0 Å². The summed E-state index contributed by atoms with van der Waals surface area (Å²) in [4.78, 5) is 12.7. The van der Waals surface area contributed by atoms with Crippen LogP contribution in [0.4, 0.5) is 0 Å². The highest BCUT2D eigenvalue weighted by molar-refractivity contribution is 6.09. The van der Waals surface area contributed by atoms with Gasteiger partial charge in [-0.25, -0.2) is 0 Å². The lowest BCUT2D eigenvalue weighted by molar-refractivity contribution is 0.104. The third kappa shape index (κ3) is 2.39. The largest absolute Gasteiger partial charge is 0.347 e. The Bertz CT molecular complexity index is 890. The molecule has 0 spiro atoms. The van der Waals surface area contributed by atoms with E-state index in [0.29, 0.717) is 11.1 Å². The van der Waals surface area contributed by atoms with Crippen molar-refractivity contribution in [3.63, 3.8) is 0 Å². The summed E-state index contributed by atoms with van der Waals surface area (Å²) >= 11 is 0. The van der Waals surface area contributed by atoms with Gasteiger partial charge in [-0.2, -0.15) is 10.4 Å². The van der Waals surface area contributed by atoms with Crippen molar-refractivity contribution in [2.75, 3.05) is 0 Å². The van der Waals surface area contributed by atoms with Crippen LogP contribution in [-0.2, 0) is 19.5 Å². The number of nitrogens with zero attached hydrogens (tertiary/aromatic N) is 4. The molecular weight excluding hydrogens is 300 g/mol. The van der Waals surface area contributed by atoms with E-state index in [1.54, 1.807) is 6.08 Å².